The normalized spacial score (nSPS) is 18.6. The minimum absolute atomic E-state index is 0.261. The molecule has 1 saturated heterocycles. The topological polar surface area (TPSA) is 90.0 Å². The molecule has 0 unspecified atom stereocenters. The Kier molecular flexibility index (Phi) is 6.16. The molecule has 3 rings (SSSR count). The van der Waals surface area contributed by atoms with Crippen molar-refractivity contribution in [2.24, 2.45) is 5.92 Å². The van der Waals surface area contributed by atoms with Crippen LogP contribution in [-0.2, 0) is 41.9 Å². The van der Waals surface area contributed by atoms with Gasteiger partial charge in [-0.15, -0.1) is 0 Å². The third-order valence-electron chi connectivity index (χ3n) is 5.30. The molecule has 0 bridgehead atoms. The van der Waals surface area contributed by atoms with Crippen molar-refractivity contribution in [1.29, 1.82) is 0 Å². The number of sulfonamides is 1. The first kappa shape index (κ1) is 19.8. The molecule has 1 aliphatic heterocycles. The molecule has 8 heteroatoms. The lowest BCUT2D eigenvalue weighted by Crippen LogP contribution is -2.40. The van der Waals surface area contributed by atoms with Gasteiger partial charge in [0, 0.05) is 13.1 Å². The quantitative estimate of drug-likeness (QED) is 0.705. The lowest BCUT2D eigenvalue weighted by molar-refractivity contribution is -0.160. The third kappa shape index (κ3) is 4.50. The Hall–Kier alpha value is -1.93. The standard InChI is InChI=1S/C19H25NO6S/c1-25-18(21)13-26-19(22)15-8-10-20(11-9-15)27(23,24)17-7-6-14-4-2-3-5-16(14)12-17/h6-7,12,15H,2-5,8-11,13H2,1H3. The van der Waals surface area contributed by atoms with Gasteiger partial charge in [0.15, 0.2) is 6.61 Å². The highest BCUT2D eigenvalue weighted by atomic mass is 32.2. The van der Waals surface area contributed by atoms with Crippen molar-refractivity contribution in [3.63, 3.8) is 0 Å². The van der Waals surface area contributed by atoms with Gasteiger partial charge in [-0.3, -0.25) is 4.79 Å². The molecular weight excluding hydrogens is 370 g/mol. The Morgan fingerprint density at radius 2 is 1.78 bits per heavy atom. The van der Waals surface area contributed by atoms with Crippen LogP contribution in [0.25, 0.3) is 0 Å². The number of esters is 2. The van der Waals surface area contributed by atoms with Gasteiger partial charge in [-0.05, 0) is 61.8 Å². The fourth-order valence-electron chi connectivity index (χ4n) is 3.66. The highest BCUT2D eigenvalue weighted by molar-refractivity contribution is 7.89. The number of piperidine rings is 1. The summed E-state index contributed by atoms with van der Waals surface area (Å²) in [6.07, 6.45) is 4.93. The maximum atomic E-state index is 13.0. The van der Waals surface area contributed by atoms with Gasteiger partial charge < -0.3 is 9.47 Å². The molecule has 7 nitrogen and oxygen atoms in total. The molecule has 2 aliphatic rings. The van der Waals surface area contributed by atoms with Crippen LogP contribution in [0.1, 0.15) is 36.8 Å². The van der Waals surface area contributed by atoms with E-state index in [1.54, 1.807) is 12.1 Å². The van der Waals surface area contributed by atoms with Crippen molar-refractivity contribution in [3.05, 3.63) is 29.3 Å². The number of carbonyl (C=O) groups excluding carboxylic acids is 2. The van der Waals surface area contributed by atoms with E-state index in [9.17, 15) is 18.0 Å². The molecule has 148 valence electrons. The Morgan fingerprint density at radius 1 is 1.11 bits per heavy atom. The van der Waals surface area contributed by atoms with Crippen LogP contribution in [0.4, 0.5) is 0 Å². The van der Waals surface area contributed by atoms with Gasteiger partial charge in [-0.1, -0.05) is 6.07 Å². The number of fused-ring (bicyclic) bond motifs is 1. The Bertz CT molecular complexity index is 811. The molecule has 1 aromatic carbocycles. The molecule has 1 heterocycles. The second kappa shape index (κ2) is 8.39. The summed E-state index contributed by atoms with van der Waals surface area (Å²) in [6.45, 7) is 0.109. The van der Waals surface area contributed by atoms with E-state index in [1.807, 2.05) is 6.07 Å². The van der Waals surface area contributed by atoms with Crippen molar-refractivity contribution in [2.75, 3.05) is 26.8 Å². The Morgan fingerprint density at radius 3 is 2.44 bits per heavy atom. The average molecular weight is 395 g/mol. The smallest absolute Gasteiger partial charge is 0.344 e. The summed E-state index contributed by atoms with van der Waals surface area (Å²) in [4.78, 5) is 23.4. The molecule has 1 aromatic rings. The fourth-order valence-corrected chi connectivity index (χ4v) is 5.18. The van der Waals surface area contributed by atoms with Crippen LogP contribution >= 0.6 is 0 Å². The predicted octanol–water partition coefficient (Wildman–Crippen LogP) is 1.68. The number of hydrogen-bond acceptors (Lipinski definition) is 6. The van der Waals surface area contributed by atoms with E-state index < -0.39 is 34.5 Å². The molecule has 27 heavy (non-hydrogen) atoms. The van der Waals surface area contributed by atoms with Crippen LogP contribution in [0.3, 0.4) is 0 Å². The SMILES string of the molecule is COC(=O)COC(=O)C1CCN(S(=O)(=O)c2ccc3c(c2)CCCC3)CC1. The number of rotatable bonds is 5. The summed E-state index contributed by atoms with van der Waals surface area (Å²) in [5.41, 5.74) is 2.37. The van der Waals surface area contributed by atoms with Gasteiger partial charge in [0.25, 0.3) is 0 Å². The molecule has 1 fully saturated rings. The monoisotopic (exact) mass is 395 g/mol. The maximum absolute atomic E-state index is 13.0. The van der Waals surface area contributed by atoms with Crippen LogP contribution in [0.5, 0.6) is 0 Å². The van der Waals surface area contributed by atoms with Crippen LogP contribution in [0.2, 0.25) is 0 Å². The second-order valence-electron chi connectivity index (χ2n) is 7.00. The summed E-state index contributed by atoms with van der Waals surface area (Å²) < 4.78 is 36.7. The Balaban J connectivity index is 1.61. The summed E-state index contributed by atoms with van der Waals surface area (Å²) >= 11 is 0. The van der Waals surface area contributed by atoms with E-state index in [-0.39, 0.29) is 13.1 Å². The van der Waals surface area contributed by atoms with E-state index in [2.05, 4.69) is 4.74 Å². The molecule has 0 amide bonds. The van der Waals surface area contributed by atoms with E-state index >= 15 is 0 Å². The van der Waals surface area contributed by atoms with Crippen molar-refractivity contribution >= 4 is 22.0 Å². The predicted molar refractivity (Wildman–Crippen MR) is 97.5 cm³/mol. The maximum Gasteiger partial charge on any atom is 0.344 e. The van der Waals surface area contributed by atoms with Gasteiger partial charge >= 0.3 is 11.9 Å². The van der Waals surface area contributed by atoms with Gasteiger partial charge in [-0.25, -0.2) is 13.2 Å². The van der Waals surface area contributed by atoms with Gasteiger partial charge in [0.05, 0.1) is 17.9 Å². The van der Waals surface area contributed by atoms with Crippen molar-refractivity contribution < 1.29 is 27.5 Å². The van der Waals surface area contributed by atoms with Crippen molar-refractivity contribution in [3.8, 4) is 0 Å². The third-order valence-corrected chi connectivity index (χ3v) is 7.20. The van der Waals surface area contributed by atoms with Gasteiger partial charge in [0.2, 0.25) is 10.0 Å². The summed E-state index contributed by atoms with van der Waals surface area (Å²) in [7, 11) is -2.34. The molecule has 0 N–H and O–H groups in total. The van der Waals surface area contributed by atoms with E-state index in [1.165, 1.54) is 17.0 Å². The number of nitrogens with zero attached hydrogens (tertiary/aromatic N) is 1. The number of methoxy groups -OCH3 is 1. The van der Waals surface area contributed by atoms with Crippen LogP contribution in [-0.4, -0.2) is 51.5 Å². The molecule has 1 aliphatic carbocycles. The number of carbonyl (C=O) groups is 2. The van der Waals surface area contributed by atoms with Crippen LogP contribution in [0.15, 0.2) is 23.1 Å². The zero-order valence-electron chi connectivity index (χ0n) is 15.5. The molecule has 0 aromatic heterocycles. The van der Waals surface area contributed by atoms with Crippen molar-refractivity contribution in [1.82, 2.24) is 4.31 Å². The minimum Gasteiger partial charge on any atom is -0.466 e. The van der Waals surface area contributed by atoms with Gasteiger partial charge in [0.1, 0.15) is 0 Å². The first-order valence-corrected chi connectivity index (χ1v) is 10.7. The van der Waals surface area contributed by atoms with Crippen molar-refractivity contribution in [2.45, 2.75) is 43.4 Å². The lowest BCUT2D eigenvalue weighted by atomic mass is 9.92. The molecule has 0 saturated carbocycles. The summed E-state index contributed by atoms with van der Waals surface area (Å²) in [5.74, 6) is -1.49. The highest BCUT2D eigenvalue weighted by Crippen LogP contribution is 2.28. The number of benzene rings is 1. The second-order valence-corrected chi connectivity index (χ2v) is 8.94. The molecule has 0 spiro atoms. The summed E-state index contributed by atoms with van der Waals surface area (Å²) in [5, 5.41) is 0. The zero-order chi connectivity index (χ0) is 19.4. The van der Waals surface area contributed by atoms with E-state index in [4.69, 9.17) is 4.74 Å². The lowest BCUT2D eigenvalue weighted by Gasteiger charge is -2.30. The highest BCUT2D eigenvalue weighted by Gasteiger charge is 2.33. The zero-order valence-corrected chi connectivity index (χ0v) is 16.3. The van der Waals surface area contributed by atoms with E-state index in [0.29, 0.717) is 17.7 Å². The number of hydrogen-bond donors (Lipinski definition) is 0. The van der Waals surface area contributed by atoms with Gasteiger partial charge in [-0.2, -0.15) is 4.31 Å². The summed E-state index contributed by atoms with van der Waals surface area (Å²) in [6, 6.07) is 5.43. The first-order valence-electron chi connectivity index (χ1n) is 9.27. The largest absolute Gasteiger partial charge is 0.466 e. The number of ether oxygens (including phenoxy) is 2. The number of aryl methyl sites for hydroxylation is 2. The Labute approximate surface area is 159 Å². The van der Waals surface area contributed by atoms with Crippen LogP contribution < -0.4 is 0 Å². The fraction of sp³-hybridized carbons (Fsp3) is 0.579. The minimum atomic E-state index is -3.57. The van der Waals surface area contributed by atoms with E-state index in [0.717, 1.165) is 31.2 Å². The average Bonchev–Trinajstić information content (AvgIpc) is 2.71. The van der Waals surface area contributed by atoms with Crippen LogP contribution in [0, 0.1) is 5.92 Å². The molecule has 0 atom stereocenters. The molecular formula is C19H25NO6S. The molecule has 0 radical (unpaired) electrons. The first-order chi connectivity index (χ1) is 12.9.